The van der Waals surface area contributed by atoms with Gasteiger partial charge in [0.25, 0.3) is 5.56 Å². The molecule has 0 amide bonds. The Balaban J connectivity index is 0.971. The van der Waals surface area contributed by atoms with E-state index in [1.54, 1.807) is 12.3 Å². The number of aromatic nitrogens is 5. The number of benzene rings is 4. The smallest absolute Gasteiger partial charge is 0.258 e. The van der Waals surface area contributed by atoms with Crippen LogP contribution >= 0.6 is 0 Å². The lowest BCUT2D eigenvalue weighted by molar-refractivity contribution is 0.140. The van der Waals surface area contributed by atoms with E-state index in [1.807, 2.05) is 60.8 Å². The highest BCUT2D eigenvalue weighted by molar-refractivity contribution is 5.84. The maximum Gasteiger partial charge on any atom is 0.258 e. The molecule has 1 aliphatic heterocycles. The fourth-order valence-corrected chi connectivity index (χ4v) is 6.31. The van der Waals surface area contributed by atoms with Crippen LogP contribution < -0.4 is 5.56 Å². The summed E-state index contributed by atoms with van der Waals surface area (Å²) >= 11 is 0. The summed E-state index contributed by atoms with van der Waals surface area (Å²) in [7, 11) is 0. The SMILES string of the molecule is CCC1C=C(c2cccc(-c3ccc4nc(CCc5cnc(-c6ccccc6)o5)cnc4c3)c2)C=C(CCc2nc3ccccc3c(=O)[nH]2)O1. The van der Waals surface area contributed by atoms with E-state index in [-0.39, 0.29) is 11.7 Å². The molecule has 3 aromatic heterocycles. The normalized spacial score (nSPS) is 14.4. The third kappa shape index (κ3) is 6.73. The molecule has 0 saturated heterocycles. The number of nitrogens with one attached hydrogen (secondary N) is 1. The van der Waals surface area contributed by atoms with Crippen LogP contribution in [0.2, 0.25) is 0 Å². The summed E-state index contributed by atoms with van der Waals surface area (Å²) in [6.07, 6.45) is 11.4. The Morgan fingerprint density at radius 1 is 0.700 bits per heavy atom. The van der Waals surface area contributed by atoms with Gasteiger partial charge >= 0.3 is 0 Å². The molecule has 7 aromatic rings. The van der Waals surface area contributed by atoms with Crippen LogP contribution in [0.1, 0.15) is 42.6 Å². The minimum atomic E-state index is -0.117. The summed E-state index contributed by atoms with van der Waals surface area (Å²) < 4.78 is 12.3. The molecular weight excluding hydrogens is 622 g/mol. The monoisotopic (exact) mass is 657 g/mol. The van der Waals surface area contributed by atoms with Crippen molar-refractivity contribution in [3.05, 3.63) is 161 Å². The Morgan fingerprint density at radius 3 is 2.42 bits per heavy atom. The quantitative estimate of drug-likeness (QED) is 0.157. The number of ether oxygens (including phenoxy) is 1. The van der Waals surface area contributed by atoms with Gasteiger partial charge in [0.2, 0.25) is 5.89 Å². The second kappa shape index (κ2) is 13.8. The number of nitrogens with zero attached hydrogens (tertiary/aromatic N) is 4. The van der Waals surface area contributed by atoms with Gasteiger partial charge in [-0.3, -0.25) is 9.78 Å². The van der Waals surface area contributed by atoms with Crippen LogP contribution in [-0.2, 0) is 24.0 Å². The highest BCUT2D eigenvalue weighted by Crippen LogP contribution is 2.31. The van der Waals surface area contributed by atoms with Crippen LogP contribution in [0.5, 0.6) is 0 Å². The van der Waals surface area contributed by atoms with Crippen LogP contribution in [0.15, 0.2) is 137 Å². The molecule has 0 saturated carbocycles. The van der Waals surface area contributed by atoms with Gasteiger partial charge in [0.1, 0.15) is 17.7 Å². The van der Waals surface area contributed by atoms with Gasteiger partial charge in [-0.25, -0.2) is 15.0 Å². The van der Waals surface area contributed by atoms with E-state index in [2.05, 4.69) is 70.4 Å². The summed E-state index contributed by atoms with van der Waals surface area (Å²) in [6, 6.07) is 32.1. The fourth-order valence-electron chi connectivity index (χ4n) is 6.31. The average Bonchev–Trinajstić information content (AvgIpc) is 3.65. The van der Waals surface area contributed by atoms with Gasteiger partial charge in [0, 0.05) is 31.0 Å². The van der Waals surface area contributed by atoms with Crippen molar-refractivity contribution in [3.8, 4) is 22.6 Å². The lowest BCUT2D eigenvalue weighted by atomic mass is 9.95. The zero-order chi connectivity index (χ0) is 33.9. The molecular formula is C42H35N5O3. The van der Waals surface area contributed by atoms with E-state index in [9.17, 15) is 4.79 Å². The molecule has 50 heavy (non-hydrogen) atoms. The van der Waals surface area contributed by atoms with Crippen molar-refractivity contribution in [2.75, 3.05) is 0 Å². The summed E-state index contributed by atoms with van der Waals surface area (Å²) in [4.78, 5) is 34.3. The number of oxazole rings is 1. The van der Waals surface area contributed by atoms with Gasteiger partial charge in [0.05, 0.1) is 39.6 Å². The fraction of sp³-hybridized carbons (Fsp3) is 0.167. The lowest BCUT2D eigenvalue weighted by Gasteiger charge is -2.23. The van der Waals surface area contributed by atoms with Gasteiger partial charge in [-0.05, 0) is 89.7 Å². The molecule has 4 aromatic carbocycles. The van der Waals surface area contributed by atoms with Crippen LogP contribution in [0.4, 0.5) is 0 Å². The van der Waals surface area contributed by atoms with E-state index in [0.29, 0.717) is 48.3 Å². The van der Waals surface area contributed by atoms with Crippen molar-refractivity contribution in [1.82, 2.24) is 24.9 Å². The standard InChI is InChI=1S/C42H35N5O3/c1-2-33-22-31(23-34(49-33)18-20-40-46-37-14-7-6-13-36(37)41(48)47-40)29-12-8-11-28(21-29)30-15-19-38-39(24-30)43-25-32(45-38)16-17-35-26-44-42(50-35)27-9-4-3-5-10-27/h3-15,19,21-26,33H,2,16-18,20H2,1H3,(H,46,47,48). The summed E-state index contributed by atoms with van der Waals surface area (Å²) in [5, 5.41) is 0.598. The molecule has 1 aliphatic rings. The maximum atomic E-state index is 12.6. The second-order valence-electron chi connectivity index (χ2n) is 12.5. The van der Waals surface area contributed by atoms with Gasteiger partial charge in [0.15, 0.2) is 0 Å². The third-order valence-corrected chi connectivity index (χ3v) is 8.98. The Labute approximate surface area is 289 Å². The molecule has 8 rings (SSSR count). The zero-order valence-electron chi connectivity index (χ0n) is 27.7. The molecule has 4 heterocycles. The number of H-pyrrole nitrogens is 1. The third-order valence-electron chi connectivity index (χ3n) is 8.98. The first-order chi connectivity index (χ1) is 24.6. The van der Waals surface area contributed by atoms with Crippen molar-refractivity contribution in [2.24, 2.45) is 0 Å². The number of fused-ring (bicyclic) bond motifs is 2. The van der Waals surface area contributed by atoms with Crippen molar-refractivity contribution in [2.45, 2.75) is 45.1 Å². The Kier molecular flexibility index (Phi) is 8.57. The summed E-state index contributed by atoms with van der Waals surface area (Å²) in [6.45, 7) is 2.12. The van der Waals surface area contributed by atoms with Crippen LogP contribution in [0.25, 0.3) is 50.1 Å². The molecule has 8 heteroatoms. The number of allylic oxidation sites excluding steroid dienone is 3. The number of aromatic amines is 1. The van der Waals surface area contributed by atoms with Crippen LogP contribution in [0, 0.1) is 0 Å². The molecule has 1 N–H and O–H groups in total. The number of hydrogen-bond donors (Lipinski definition) is 1. The largest absolute Gasteiger partial charge is 0.491 e. The molecule has 0 aliphatic carbocycles. The van der Waals surface area contributed by atoms with Gasteiger partial charge in [-0.2, -0.15) is 0 Å². The first kappa shape index (κ1) is 31.1. The molecule has 0 bridgehead atoms. The molecule has 1 atom stereocenters. The number of hydrogen-bond acceptors (Lipinski definition) is 7. The first-order valence-corrected chi connectivity index (χ1v) is 17.0. The van der Waals surface area contributed by atoms with E-state index in [4.69, 9.17) is 19.1 Å². The van der Waals surface area contributed by atoms with Crippen LogP contribution in [-0.4, -0.2) is 31.0 Å². The average molecular weight is 658 g/mol. The Hall–Kier alpha value is -6.15. The highest BCUT2D eigenvalue weighted by Gasteiger charge is 2.17. The van der Waals surface area contributed by atoms with Gasteiger partial charge < -0.3 is 14.1 Å². The molecule has 1 unspecified atom stereocenters. The van der Waals surface area contributed by atoms with Crippen molar-refractivity contribution < 1.29 is 9.15 Å². The minimum Gasteiger partial charge on any atom is -0.491 e. The van der Waals surface area contributed by atoms with E-state index < -0.39 is 0 Å². The highest BCUT2D eigenvalue weighted by atomic mass is 16.5. The Bertz CT molecular complexity index is 2440. The van der Waals surface area contributed by atoms with Crippen molar-refractivity contribution >= 4 is 27.5 Å². The van der Waals surface area contributed by atoms with Crippen molar-refractivity contribution in [3.63, 3.8) is 0 Å². The van der Waals surface area contributed by atoms with Gasteiger partial charge in [-0.15, -0.1) is 0 Å². The summed E-state index contributed by atoms with van der Waals surface area (Å²) in [5.74, 6) is 2.99. The number of para-hydroxylation sites is 1. The van der Waals surface area contributed by atoms with Crippen LogP contribution in [0.3, 0.4) is 0 Å². The number of rotatable bonds is 10. The number of aryl methyl sites for hydroxylation is 3. The molecule has 0 fully saturated rings. The van der Waals surface area contributed by atoms with Crippen molar-refractivity contribution in [1.29, 1.82) is 0 Å². The minimum absolute atomic E-state index is 0.0302. The molecule has 8 nitrogen and oxygen atoms in total. The van der Waals surface area contributed by atoms with E-state index in [1.165, 1.54) is 0 Å². The first-order valence-electron chi connectivity index (χ1n) is 17.0. The molecule has 0 radical (unpaired) electrons. The second-order valence-corrected chi connectivity index (χ2v) is 12.5. The van der Waals surface area contributed by atoms with E-state index in [0.717, 1.165) is 62.5 Å². The lowest BCUT2D eigenvalue weighted by Crippen LogP contribution is -2.15. The predicted molar refractivity (Wildman–Crippen MR) is 196 cm³/mol. The molecule has 246 valence electrons. The topological polar surface area (TPSA) is 107 Å². The van der Waals surface area contributed by atoms with E-state index >= 15 is 0 Å². The van der Waals surface area contributed by atoms with Gasteiger partial charge in [-0.1, -0.05) is 61.5 Å². The summed E-state index contributed by atoms with van der Waals surface area (Å²) in [5.41, 5.74) is 8.58. The predicted octanol–water partition coefficient (Wildman–Crippen LogP) is 8.68. The Morgan fingerprint density at radius 2 is 1.52 bits per heavy atom. The zero-order valence-corrected chi connectivity index (χ0v) is 27.7. The maximum absolute atomic E-state index is 12.6. The molecule has 0 spiro atoms.